The normalized spacial score (nSPS) is 16.4. The molecule has 0 aliphatic carbocycles. The Labute approximate surface area is 194 Å². The zero-order valence-electron chi connectivity index (χ0n) is 19.0. The van der Waals surface area contributed by atoms with Crippen molar-refractivity contribution in [3.63, 3.8) is 0 Å². The smallest absolute Gasteiger partial charge is 0.321 e. The van der Waals surface area contributed by atoms with Gasteiger partial charge in [-0.2, -0.15) is 0 Å². The highest BCUT2D eigenvalue weighted by Crippen LogP contribution is 2.36. The van der Waals surface area contributed by atoms with Crippen molar-refractivity contribution >= 4 is 28.6 Å². The van der Waals surface area contributed by atoms with E-state index in [0.717, 1.165) is 81.7 Å². The van der Waals surface area contributed by atoms with E-state index in [1.54, 1.807) is 4.90 Å². The lowest BCUT2D eigenvalue weighted by Crippen LogP contribution is -2.37. The quantitative estimate of drug-likeness (QED) is 0.547. The van der Waals surface area contributed by atoms with E-state index in [4.69, 9.17) is 14.9 Å². The molecule has 0 saturated carbocycles. The number of rotatable bonds is 7. The van der Waals surface area contributed by atoms with Crippen LogP contribution in [0, 0.1) is 0 Å². The van der Waals surface area contributed by atoms with Crippen molar-refractivity contribution in [1.29, 1.82) is 0 Å². The number of carbonyl (C=O) groups excluding carboxylic acids is 1. The zero-order chi connectivity index (χ0) is 22.6. The molecule has 0 atom stereocenters. The summed E-state index contributed by atoms with van der Waals surface area (Å²) in [6.07, 6.45) is 4.03. The molecule has 2 amide bonds. The molecule has 2 aliphatic heterocycles. The molecule has 2 aliphatic rings. The molecule has 3 heterocycles. The number of furan rings is 1. The van der Waals surface area contributed by atoms with Gasteiger partial charge in [0, 0.05) is 44.1 Å². The number of hydrogen-bond acceptors (Lipinski definition) is 5. The second kappa shape index (κ2) is 9.75. The minimum absolute atomic E-state index is 0.475. The Balaban J connectivity index is 1.12. The van der Waals surface area contributed by atoms with Gasteiger partial charge in [-0.1, -0.05) is 30.3 Å². The van der Waals surface area contributed by atoms with E-state index in [2.05, 4.69) is 28.0 Å². The second-order valence-electron chi connectivity index (χ2n) is 8.87. The molecule has 0 radical (unpaired) electrons. The number of unbranched alkanes of at least 4 members (excludes halogenated alkanes) is 1. The van der Waals surface area contributed by atoms with Crippen LogP contribution >= 0.6 is 0 Å². The second-order valence-corrected chi connectivity index (χ2v) is 8.87. The Hall–Kier alpha value is -3.19. The number of benzene rings is 2. The number of hydrogen-bond donors (Lipinski definition) is 1. The van der Waals surface area contributed by atoms with Crippen molar-refractivity contribution in [3.05, 3.63) is 54.1 Å². The topological polar surface area (TPSA) is 75.2 Å². The molecule has 7 heteroatoms. The Morgan fingerprint density at radius 1 is 1.03 bits per heavy atom. The molecule has 0 unspecified atom stereocenters. The summed E-state index contributed by atoms with van der Waals surface area (Å²) in [5.41, 5.74) is 8.99. The Morgan fingerprint density at radius 3 is 2.82 bits per heavy atom. The Bertz CT molecular complexity index is 1080. The van der Waals surface area contributed by atoms with Gasteiger partial charge in [-0.05, 0) is 50.0 Å². The number of para-hydroxylation sites is 2. The molecule has 2 N–H and O–H groups in total. The number of primary amides is 1. The maximum absolute atomic E-state index is 12.0. The number of urea groups is 1. The summed E-state index contributed by atoms with van der Waals surface area (Å²) < 4.78 is 11.8. The molecule has 7 nitrogen and oxygen atoms in total. The third-order valence-corrected chi connectivity index (χ3v) is 6.67. The summed E-state index contributed by atoms with van der Waals surface area (Å²) >= 11 is 0. The first-order valence-corrected chi connectivity index (χ1v) is 12.0. The van der Waals surface area contributed by atoms with E-state index in [9.17, 15) is 4.79 Å². The average molecular weight is 449 g/mol. The van der Waals surface area contributed by atoms with Crippen molar-refractivity contribution in [2.45, 2.75) is 25.7 Å². The first-order valence-electron chi connectivity index (χ1n) is 12.0. The summed E-state index contributed by atoms with van der Waals surface area (Å²) in [5, 5.41) is 0.974. The largest absolute Gasteiger partial charge is 0.491 e. The molecule has 5 rings (SSSR count). The molecular formula is C26H32N4O3. The number of fused-ring (bicyclic) bond motifs is 2. The van der Waals surface area contributed by atoms with Crippen LogP contribution in [0.3, 0.4) is 0 Å². The standard InChI is InChI=1S/C26H32N4O3/c27-26(31)30(24-19-21-7-1-2-10-23(21)33-24)15-4-3-12-28-13-6-14-29(17-16-28)22-9-5-8-20-11-18-32-25(20)22/h1-2,5,7-10,19H,3-4,6,11-18H2,(H2,27,31). The van der Waals surface area contributed by atoms with Crippen LogP contribution in [0.2, 0.25) is 0 Å². The van der Waals surface area contributed by atoms with E-state index in [0.29, 0.717) is 12.4 Å². The predicted octanol–water partition coefficient (Wildman–Crippen LogP) is 4.25. The molecule has 1 fully saturated rings. The maximum atomic E-state index is 12.0. The predicted molar refractivity (Wildman–Crippen MR) is 131 cm³/mol. The van der Waals surface area contributed by atoms with Crippen LogP contribution in [0.5, 0.6) is 5.75 Å². The highest BCUT2D eigenvalue weighted by Gasteiger charge is 2.22. The number of amides is 2. The van der Waals surface area contributed by atoms with Crippen LogP contribution in [-0.2, 0) is 6.42 Å². The van der Waals surface area contributed by atoms with Gasteiger partial charge < -0.3 is 24.7 Å². The third-order valence-electron chi connectivity index (χ3n) is 6.67. The van der Waals surface area contributed by atoms with E-state index in [1.165, 1.54) is 11.3 Å². The van der Waals surface area contributed by atoms with Gasteiger partial charge in [-0.25, -0.2) is 4.79 Å². The Morgan fingerprint density at radius 2 is 1.94 bits per heavy atom. The van der Waals surface area contributed by atoms with Gasteiger partial charge in [-0.3, -0.25) is 4.90 Å². The van der Waals surface area contributed by atoms with Gasteiger partial charge in [-0.15, -0.1) is 0 Å². The van der Waals surface area contributed by atoms with Gasteiger partial charge in [0.25, 0.3) is 0 Å². The minimum Gasteiger partial charge on any atom is -0.491 e. The number of anilines is 2. The highest BCUT2D eigenvalue weighted by atomic mass is 16.5. The van der Waals surface area contributed by atoms with Crippen LogP contribution in [-0.4, -0.2) is 56.8 Å². The fourth-order valence-electron chi connectivity index (χ4n) is 4.92. The van der Waals surface area contributed by atoms with Crippen LogP contribution in [0.25, 0.3) is 11.0 Å². The van der Waals surface area contributed by atoms with Gasteiger partial charge in [0.15, 0.2) is 0 Å². The van der Waals surface area contributed by atoms with Crippen LogP contribution < -0.4 is 20.3 Å². The van der Waals surface area contributed by atoms with Crippen LogP contribution in [0.4, 0.5) is 16.4 Å². The number of nitrogens with two attached hydrogens (primary N) is 1. The van der Waals surface area contributed by atoms with E-state index >= 15 is 0 Å². The number of ether oxygens (including phenoxy) is 1. The monoisotopic (exact) mass is 448 g/mol. The summed E-state index contributed by atoms with van der Waals surface area (Å²) in [5.74, 6) is 1.61. The third kappa shape index (κ3) is 4.78. The molecule has 0 spiro atoms. The van der Waals surface area contributed by atoms with Gasteiger partial charge in [0.2, 0.25) is 5.88 Å². The summed E-state index contributed by atoms with van der Waals surface area (Å²) in [7, 11) is 0. The van der Waals surface area contributed by atoms with Gasteiger partial charge in [0.05, 0.1) is 12.3 Å². The lowest BCUT2D eigenvalue weighted by molar-refractivity contribution is 0.252. The van der Waals surface area contributed by atoms with Crippen molar-refractivity contribution < 1.29 is 13.9 Å². The van der Waals surface area contributed by atoms with E-state index in [-0.39, 0.29) is 0 Å². The lowest BCUT2D eigenvalue weighted by Gasteiger charge is -2.25. The van der Waals surface area contributed by atoms with Crippen LogP contribution in [0.15, 0.2) is 52.9 Å². The fourth-order valence-corrected chi connectivity index (χ4v) is 4.92. The lowest BCUT2D eigenvalue weighted by atomic mass is 10.1. The maximum Gasteiger partial charge on any atom is 0.321 e. The Kier molecular flexibility index (Phi) is 6.39. The highest BCUT2D eigenvalue weighted by molar-refractivity contribution is 5.92. The fraction of sp³-hybridized carbons (Fsp3) is 0.423. The van der Waals surface area contributed by atoms with Gasteiger partial charge >= 0.3 is 6.03 Å². The molecule has 2 aromatic carbocycles. The molecular weight excluding hydrogens is 416 g/mol. The van der Waals surface area contributed by atoms with Crippen molar-refractivity contribution in [2.24, 2.45) is 5.73 Å². The molecule has 33 heavy (non-hydrogen) atoms. The van der Waals surface area contributed by atoms with E-state index < -0.39 is 6.03 Å². The van der Waals surface area contributed by atoms with E-state index in [1.807, 2.05) is 30.3 Å². The number of nitrogens with zero attached hydrogens (tertiary/aromatic N) is 3. The molecule has 3 aromatic rings. The first kappa shape index (κ1) is 21.6. The zero-order valence-corrected chi connectivity index (χ0v) is 19.0. The molecule has 1 aromatic heterocycles. The summed E-state index contributed by atoms with van der Waals surface area (Å²) in [4.78, 5) is 18.6. The summed E-state index contributed by atoms with van der Waals surface area (Å²) in [6, 6.07) is 15.7. The van der Waals surface area contributed by atoms with Gasteiger partial charge in [0.1, 0.15) is 11.3 Å². The van der Waals surface area contributed by atoms with Crippen LogP contribution in [0.1, 0.15) is 24.8 Å². The summed E-state index contributed by atoms with van der Waals surface area (Å²) in [6.45, 7) is 6.56. The van der Waals surface area contributed by atoms with Crippen molar-refractivity contribution in [3.8, 4) is 5.75 Å². The number of carbonyl (C=O) groups is 1. The van der Waals surface area contributed by atoms with Crippen molar-refractivity contribution in [2.75, 3.05) is 55.7 Å². The molecule has 174 valence electrons. The first-order chi connectivity index (χ1) is 16.2. The van der Waals surface area contributed by atoms with Crippen molar-refractivity contribution in [1.82, 2.24) is 4.90 Å². The average Bonchev–Trinajstić information content (AvgIpc) is 3.40. The molecule has 0 bridgehead atoms. The SMILES string of the molecule is NC(=O)N(CCCCN1CCCN(c2cccc3c2OCC3)CC1)c1cc2ccccc2o1. The molecule has 1 saturated heterocycles. The minimum atomic E-state index is -0.475.